The normalized spacial score (nSPS) is 20.1. The molecule has 2 atom stereocenters. The van der Waals surface area contributed by atoms with Crippen LogP contribution in [0.5, 0.6) is 5.75 Å². The van der Waals surface area contributed by atoms with Crippen molar-refractivity contribution >= 4 is 23.2 Å². The van der Waals surface area contributed by atoms with E-state index in [0.29, 0.717) is 28.3 Å². The van der Waals surface area contributed by atoms with Crippen LogP contribution in [0.3, 0.4) is 0 Å². The molecule has 20 heavy (non-hydrogen) atoms. The molecule has 1 saturated heterocycles. The first-order valence-corrected chi connectivity index (χ1v) is 7.85. The topological polar surface area (TPSA) is 30.5 Å². The minimum absolute atomic E-state index is 0.170. The maximum atomic E-state index is 6.43. The van der Waals surface area contributed by atoms with Gasteiger partial charge in [0.15, 0.2) is 0 Å². The van der Waals surface area contributed by atoms with Gasteiger partial charge in [0, 0.05) is 29.7 Å². The van der Waals surface area contributed by atoms with Crippen LogP contribution in [0.2, 0.25) is 10.0 Å². The maximum absolute atomic E-state index is 6.43. The van der Waals surface area contributed by atoms with Crippen LogP contribution in [0.15, 0.2) is 12.1 Å². The molecule has 5 heteroatoms. The number of nitrogens with one attached hydrogen (secondary N) is 1. The summed E-state index contributed by atoms with van der Waals surface area (Å²) in [6.07, 6.45) is 1.04. The molecule has 0 aromatic heterocycles. The fourth-order valence-corrected chi connectivity index (χ4v) is 3.11. The minimum Gasteiger partial charge on any atom is -0.492 e. The Hall–Kier alpha value is -0.480. The monoisotopic (exact) mass is 317 g/mol. The van der Waals surface area contributed by atoms with Gasteiger partial charge < -0.3 is 14.8 Å². The molecule has 1 heterocycles. The van der Waals surface area contributed by atoms with E-state index in [0.717, 1.165) is 31.7 Å². The van der Waals surface area contributed by atoms with Crippen molar-refractivity contribution < 1.29 is 9.47 Å². The van der Waals surface area contributed by atoms with Crippen LogP contribution in [-0.2, 0) is 4.74 Å². The van der Waals surface area contributed by atoms with E-state index in [-0.39, 0.29) is 6.04 Å². The summed E-state index contributed by atoms with van der Waals surface area (Å²) < 4.78 is 11.0. The van der Waals surface area contributed by atoms with Crippen molar-refractivity contribution in [1.29, 1.82) is 0 Å². The predicted molar refractivity (Wildman–Crippen MR) is 83.0 cm³/mol. The Bertz CT molecular complexity index is 448. The average molecular weight is 318 g/mol. The molecule has 1 fully saturated rings. The van der Waals surface area contributed by atoms with E-state index in [9.17, 15) is 0 Å². The quantitative estimate of drug-likeness (QED) is 0.857. The summed E-state index contributed by atoms with van der Waals surface area (Å²) in [6.45, 7) is 7.04. The molecule has 0 radical (unpaired) electrons. The average Bonchev–Trinajstić information content (AvgIpc) is 2.94. The van der Waals surface area contributed by atoms with Crippen molar-refractivity contribution in [3.63, 3.8) is 0 Å². The molecule has 1 aliphatic rings. The number of hydrogen-bond donors (Lipinski definition) is 1. The standard InChI is InChI=1S/C15H21Cl2NO2/c1-3-18-15(10-5-6-19-9-10)11-7-13(17)14(20-4-2)8-12(11)16/h7-8,10,15,18H,3-6,9H2,1-2H3. The van der Waals surface area contributed by atoms with Gasteiger partial charge in [0.2, 0.25) is 0 Å². The third kappa shape index (κ3) is 3.59. The zero-order chi connectivity index (χ0) is 14.5. The molecular weight excluding hydrogens is 297 g/mol. The molecule has 0 aliphatic carbocycles. The first kappa shape index (κ1) is 15.9. The van der Waals surface area contributed by atoms with Crippen LogP contribution >= 0.6 is 23.2 Å². The van der Waals surface area contributed by atoms with Gasteiger partial charge in [-0.3, -0.25) is 0 Å². The third-order valence-electron chi connectivity index (χ3n) is 3.55. The summed E-state index contributed by atoms with van der Waals surface area (Å²) in [6, 6.07) is 3.90. The molecule has 0 amide bonds. The minimum atomic E-state index is 0.170. The fourth-order valence-electron chi connectivity index (χ4n) is 2.61. The molecule has 0 spiro atoms. The van der Waals surface area contributed by atoms with Gasteiger partial charge in [0.25, 0.3) is 0 Å². The van der Waals surface area contributed by atoms with E-state index >= 15 is 0 Å². The zero-order valence-corrected chi connectivity index (χ0v) is 13.4. The van der Waals surface area contributed by atoms with Gasteiger partial charge in [0.1, 0.15) is 5.75 Å². The van der Waals surface area contributed by atoms with Gasteiger partial charge in [0.05, 0.1) is 18.2 Å². The Balaban J connectivity index is 2.30. The second kappa shape index (κ2) is 7.51. The molecule has 2 rings (SSSR count). The van der Waals surface area contributed by atoms with E-state index in [1.54, 1.807) is 0 Å². The molecule has 0 saturated carbocycles. The number of hydrogen-bond acceptors (Lipinski definition) is 3. The van der Waals surface area contributed by atoms with Gasteiger partial charge in [-0.25, -0.2) is 0 Å². The first-order chi connectivity index (χ1) is 9.67. The van der Waals surface area contributed by atoms with Crippen molar-refractivity contribution in [2.75, 3.05) is 26.4 Å². The Morgan fingerprint density at radius 3 is 2.75 bits per heavy atom. The van der Waals surface area contributed by atoms with Gasteiger partial charge in [-0.15, -0.1) is 0 Å². The highest BCUT2D eigenvalue weighted by Crippen LogP contribution is 2.38. The fraction of sp³-hybridized carbons (Fsp3) is 0.600. The maximum Gasteiger partial charge on any atom is 0.139 e. The lowest BCUT2D eigenvalue weighted by atomic mass is 9.92. The Kier molecular flexibility index (Phi) is 5.97. The van der Waals surface area contributed by atoms with Crippen LogP contribution in [-0.4, -0.2) is 26.4 Å². The molecule has 1 aromatic carbocycles. The van der Waals surface area contributed by atoms with Crippen LogP contribution in [0.4, 0.5) is 0 Å². The van der Waals surface area contributed by atoms with Crippen molar-refractivity contribution in [3.8, 4) is 5.75 Å². The highest BCUT2D eigenvalue weighted by molar-refractivity contribution is 6.34. The summed E-state index contributed by atoms with van der Waals surface area (Å²) >= 11 is 12.7. The molecule has 2 unspecified atom stereocenters. The Morgan fingerprint density at radius 2 is 2.15 bits per heavy atom. The van der Waals surface area contributed by atoms with Crippen LogP contribution in [0, 0.1) is 5.92 Å². The number of benzene rings is 1. The molecule has 3 nitrogen and oxygen atoms in total. The second-order valence-corrected chi connectivity index (χ2v) is 5.71. The lowest BCUT2D eigenvalue weighted by Crippen LogP contribution is -2.28. The Morgan fingerprint density at radius 1 is 1.35 bits per heavy atom. The summed E-state index contributed by atoms with van der Waals surface area (Å²) in [5.74, 6) is 1.07. The second-order valence-electron chi connectivity index (χ2n) is 4.90. The first-order valence-electron chi connectivity index (χ1n) is 7.10. The van der Waals surface area contributed by atoms with Crippen molar-refractivity contribution in [2.45, 2.75) is 26.3 Å². The van der Waals surface area contributed by atoms with Crippen molar-refractivity contribution in [1.82, 2.24) is 5.32 Å². The van der Waals surface area contributed by atoms with Crippen LogP contribution in [0.1, 0.15) is 31.9 Å². The molecular formula is C15H21Cl2NO2. The Labute approximate surface area is 130 Å². The lowest BCUT2D eigenvalue weighted by Gasteiger charge is -2.25. The van der Waals surface area contributed by atoms with Crippen molar-refractivity contribution in [2.24, 2.45) is 5.92 Å². The zero-order valence-electron chi connectivity index (χ0n) is 11.9. The van der Waals surface area contributed by atoms with E-state index in [2.05, 4.69) is 12.2 Å². The molecule has 1 aromatic rings. The van der Waals surface area contributed by atoms with E-state index < -0.39 is 0 Å². The van der Waals surface area contributed by atoms with E-state index in [1.807, 2.05) is 19.1 Å². The molecule has 1 N–H and O–H groups in total. The smallest absolute Gasteiger partial charge is 0.139 e. The molecule has 1 aliphatic heterocycles. The number of halogens is 2. The van der Waals surface area contributed by atoms with Gasteiger partial charge in [-0.1, -0.05) is 30.1 Å². The van der Waals surface area contributed by atoms with Gasteiger partial charge in [-0.05, 0) is 31.5 Å². The summed E-state index contributed by atoms with van der Waals surface area (Å²) in [7, 11) is 0. The van der Waals surface area contributed by atoms with Crippen LogP contribution in [0.25, 0.3) is 0 Å². The predicted octanol–water partition coefficient (Wildman–Crippen LogP) is 4.08. The molecule has 0 bridgehead atoms. The highest BCUT2D eigenvalue weighted by Gasteiger charge is 2.28. The molecule has 112 valence electrons. The SMILES string of the molecule is CCNC(c1cc(Cl)c(OCC)cc1Cl)C1CCOC1. The van der Waals surface area contributed by atoms with E-state index in [4.69, 9.17) is 32.7 Å². The van der Waals surface area contributed by atoms with Gasteiger partial charge >= 0.3 is 0 Å². The summed E-state index contributed by atoms with van der Waals surface area (Å²) in [5.41, 5.74) is 1.03. The highest BCUT2D eigenvalue weighted by atomic mass is 35.5. The summed E-state index contributed by atoms with van der Waals surface area (Å²) in [5, 5.41) is 4.79. The summed E-state index contributed by atoms with van der Waals surface area (Å²) in [4.78, 5) is 0. The van der Waals surface area contributed by atoms with Gasteiger partial charge in [-0.2, -0.15) is 0 Å². The van der Waals surface area contributed by atoms with Crippen molar-refractivity contribution in [3.05, 3.63) is 27.7 Å². The van der Waals surface area contributed by atoms with Crippen LogP contribution < -0.4 is 10.1 Å². The lowest BCUT2D eigenvalue weighted by molar-refractivity contribution is 0.177. The largest absolute Gasteiger partial charge is 0.492 e. The number of ether oxygens (including phenoxy) is 2. The third-order valence-corrected chi connectivity index (χ3v) is 4.17. The van der Waals surface area contributed by atoms with E-state index in [1.165, 1.54) is 0 Å². The number of rotatable bonds is 6.